The van der Waals surface area contributed by atoms with Gasteiger partial charge in [0.05, 0.1) is 12.8 Å². The highest BCUT2D eigenvalue weighted by Gasteiger charge is 2.24. The zero-order chi connectivity index (χ0) is 21.2. The Labute approximate surface area is 176 Å². The molecule has 0 aliphatic carbocycles. The number of hydrogen-bond acceptors (Lipinski definition) is 4. The highest BCUT2D eigenvalue weighted by atomic mass is 35.5. The van der Waals surface area contributed by atoms with E-state index in [1.54, 1.807) is 24.3 Å². The minimum Gasteiger partial charge on any atom is -0.493 e. The van der Waals surface area contributed by atoms with E-state index in [1.807, 2.05) is 45.0 Å². The smallest absolute Gasteiger partial charge is 0.262 e. The van der Waals surface area contributed by atoms with E-state index >= 15 is 0 Å². The summed E-state index contributed by atoms with van der Waals surface area (Å²) in [6.07, 6.45) is 2.42. The summed E-state index contributed by atoms with van der Waals surface area (Å²) in [5.74, 6) is -0.210. The van der Waals surface area contributed by atoms with Crippen LogP contribution in [-0.4, -0.2) is 30.7 Å². The van der Waals surface area contributed by atoms with Crippen LogP contribution < -0.4 is 15.5 Å². The molecule has 2 N–H and O–H groups in total. The number of halogens is 1. The molecule has 0 radical (unpaired) electrons. The van der Waals surface area contributed by atoms with Crippen molar-refractivity contribution in [3.63, 3.8) is 0 Å². The third kappa shape index (κ3) is 6.91. The molecule has 0 aliphatic rings. The molecule has 0 spiro atoms. The molecular formula is C22H26ClN3O3. The number of hydrazone groups is 1. The number of carbonyl (C=O) groups is 2. The maximum atomic E-state index is 12.6. The van der Waals surface area contributed by atoms with Crippen molar-refractivity contribution in [2.75, 3.05) is 6.61 Å². The number of para-hydroxylation sites is 1. The van der Waals surface area contributed by atoms with Crippen molar-refractivity contribution in [2.45, 2.75) is 33.2 Å². The average Bonchev–Trinajstić information content (AvgIpc) is 2.70. The summed E-state index contributed by atoms with van der Waals surface area (Å²) in [5, 5.41) is 7.23. The van der Waals surface area contributed by atoms with E-state index in [0.717, 1.165) is 12.0 Å². The molecule has 0 aliphatic heterocycles. The molecule has 0 heterocycles. The number of benzene rings is 2. The Bertz CT molecular complexity index is 868. The molecule has 2 aromatic rings. The molecule has 1 atom stereocenters. The number of carbonyl (C=O) groups excluding carboxylic acids is 2. The average molecular weight is 416 g/mol. The fraction of sp³-hybridized carbons (Fsp3) is 0.318. The maximum Gasteiger partial charge on any atom is 0.262 e. The summed E-state index contributed by atoms with van der Waals surface area (Å²) in [6, 6.07) is 13.3. The molecule has 154 valence electrons. The molecule has 0 saturated heterocycles. The zero-order valence-corrected chi connectivity index (χ0v) is 17.6. The fourth-order valence-corrected chi connectivity index (χ4v) is 2.75. The number of nitrogens with zero attached hydrogens (tertiary/aromatic N) is 1. The van der Waals surface area contributed by atoms with Crippen LogP contribution in [0.3, 0.4) is 0 Å². The molecule has 0 bridgehead atoms. The summed E-state index contributed by atoms with van der Waals surface area (Å²) in [5.41, 5.74) is 3.64. The Hall–Kier alpha value is -2.86. The lowest BCUT2D eigenvalue weighted by Gasteiger charge is -2.20. The predicted molar refractivity (Wildman–Crippen MR) is 116 cm³/mol. The Balaban J connectivity index is 2.03. The second kappa shape index (κ2) is 11.2. The molecule has 2 aromatic carbocycles. The first-order valence-electron chi connectivity index (χ1n) is 9.53. The normalized spacial score (nSPS) is 12.0. The first kappa shape index (κ1) is 22.4. The van der Waals surface area contributed by atoms with Gasteiger partial charge >= 0.3 is 0 Å². The van der Waals surface area contributed by atoms with Gasteiger partial charge in [0.15, 0.2) is 0 Å². The van der Waals surface area contributed by atoms with Crippen molar-refractivity contribution in [2.24, 2.45) is 11.0 Å². The summed E-state index contributed by atoms with van der Waals surface area (Å²) in [4.78, 5) is 25.0. The van der Waals surface area contributed by atoms with E-state index in [-0.39, 0.29) is 11.8 Å². The van der Waals surface area contributed by atoms with Gasteiger partial charge in [-0.25, -0.2) is 5.43 Å². The van der Waals surface area contributed by atoms with Gasteiger partial charge in [-0.1, -0.05) is 50.6 Å². The Morgan fingerprint density at radius 1 is 1.17 bits per heavy atom. The van der Waals surface area contributed by atoms with Gasteiger partial charge in [-0.2, -0.15) is 5.10 Å². The van der Waals surface area contributed by atoms with Gasteiger partial charge in [0.25, 0.3) is 11.8 Å². The third-order valence-electron chi connectivity index (χ3n) is 4.08. The minimum atomic E-state index is -0.745. The summed E-state index contributed by atoms with van der Waals surface area (Å²) >= 11 is 5.93. The van der Waals surface area contributed by atoms with Gasteiger partial charge in [0.2, 0.25) is 0 Å². The van der Waals surface area contributed by atoms with Gasteiger partial charge in [-0.05, 0) is 42.7 Å². The van der Waals surface area contributed by atoms with E-state index in [4.69, 9.17) is 16.3 Å². The third-order valence-corrected chi connectivity index (χ3v) is 4.32. The SMILES string of the molecule is CCCOc1ccccc1C=NNC(=O)C(NC(=O)c1cccc(Cl)c1)C(C)C. The van der Waals surface area contributed by atoms with Gasteiger partial charge in [-0.3, -0.25) is 9.59 Å². The van der Waals surface area contributed by atoms with Crippen LogP contribution in [0.1, 0.15) is 43.1 Å². The molecule has 29 heavy (non-hydrogen) atoms. The van der Waals surface area contributed by atoms with Crippen LogP contribution in [0.4, 0.5) is 0 Å². The van der Waals surface area contributed by atoms with Crippen LogP contribution in [0.5, 0.6) is 5.75 Å². The van der Waals surface area contributed by atoms with Crippen LogP contribution in [0.2, 0.25) is 5.02 Å². The Morgan fingerprint density at radius 2 is 1.93 bits per heavy atom. The van der Waals surface area contributed by atoms with Crippen molar-refractivity contribution < 1.29 is 14.3 Å². The Kier molecular flexibility index (Phi) is 8.68. The summed E-state index contributed by atoms with van der Waals surface area (Å²) < 4.78 is 5.67. The number of amides is 2. The van der Waals surface area contributed by atoms with E-state index in [0.29, 0.717) is 22.9 Å². The largest absolute Gasteiger partial charge is 0.493 e. The summed E-state index contributed by atoms with van der Waals surface area (Å²) in [7, 11) is 0. The van der Waals surface area contributed by atoms with E-state index < -0.39 is 11.9 Å². The van der Waals surface area contributed by atoms with Crippen LogP contribution in [0.25, 0.3) is 0 Å². The van der Waals surface area contributed by atoms with Crippen molar-refractivity contribution >= 4 is 29.6 Å². The lowest BCUT2D eigenvalue weighted by atomic mass is 10.0. The second-order valence-corrected chi connectivity index (χ2v) is 7.26. The monoisotopic (exact) mass is 415 g/mol. The van der Waals surface area contributed by atoms with Gasteiger partial charge in [0, 0.05) is 16.1 Å². The molecule has 2 rings (SSSR count). The minimum absolute atomic E-state index is 0.131. The van der Waals surface area contributed by atoms with Crippen LogP contribution in [0.15, 0.2) is 53.6 Å². The van der Waals surface area contributed by atoms with Crippen molar-refractivity contribution in [3.05, 3.63) is 64.7 Å². The molecule has 0 fully saturated rings. The molecule has 1 unspecified atom stereocenters. The number of hydrogen-bond donors (Lipinski definition) is 2. The van der Waals surface area contributed by atoms with E-state index in [2.05, 4.69) is 15.8 Å². The lowest BCUT2D eigenvalue weighted by Crippen LogP contribution is -2.48. The predicted octanol–water partition coefficient (Wildman–Crippen LogP) is 4.03. The summed E-state index contributed by atoms with van der Waals surface area (Å²) in [6.45, 7) is 6.32. The molecular weight excluding hydrogens is 390 g/mol. The highest BCUT2D eigenvalue weighted by molar-refractivity contribution is 6.31. The second-order valence-electron chi connectivity index (χ2n) is 6.83. The molecule has 2 amide bonds. The lowest BCUT2D eigenvalue weighted by molar-refractivity contribution is -0.123. The van der Waals surface area contributed by atoms with Crippen LogP contribution >= 0.6 is 11.6 Å². The highest BCUT2D eigenvalue weighted by Crippen LogP contribution is 2.16. The molecule has 0 aromatic heterocycles. The first-order chi connectivity index (χ1) is 13.9. The van der Waals surface area contributed by atoms with Crippen molar-refractivity contribution in [1.82, 2.24) is 10.7 Å². The zero-order valence-electron chi connectivity index (χ0n) is 16.8. The molecule has 6 nitrogen and oxygen atoms in total. The van der Waals surface area contributed by atoms with Gasteiger partial charge < -0.3 is 10.1 Å². The van der Waals surface area contributed by atoms with E-state index in [9.17, 15) is 9.59 Å². The number of ether oxygens (including phenoxy) is 1. The van der Waals surface area contributed by atoms with Crippen LogP contribution in [-0.2, 0) is 4.79 Å². The standard InChI is InChI=1S/C22H26ClN3O3/c1-4-12-29-19-11-6-5-8-17(19)14-24-26-22(28)20(15(2)3)25-21(27)16-9-7-10-18(23)13-16/h5-11,13-15,20H,4,12H2,1-3H3,(H,25,27)(H,26,28). The molecule has 0 saturated carbocycles. The van der Waals surface area contributed by atoms with Crippen molar-refractivity contribution in [3.8, 4) is 5.75 Å². The number of rotatable bonds is 9. The maximum absolute atomic E-state index is 12.6. The first-order valence-corrected chi connectivity index (χ1v) is 9.91. The quantitative estimate of drug-likeness (QED) is 0.479. The molecule has 7 heteroatoms. The fourth-order valence-electron chi connectivity index (χ4n) is 2.55. The topological polar surface area (TPSA) is 79.8 Å². The van der Waals surface area contributed by atoms with Crippen LogP contribution in [0, 0.1) is 5.92 Å². The number of nitrogens with one attached hydrogen (secondary N) is 2. The van der Waals surface area contributed by atoms with Gasteiger partial charge in [0.1, 0.15) is 11.8 Å². The van der Waals surface area contributed by atoms with Crippen molar-refractivity contribution in [1.29, 1.82) is 0 Å². The van der Waals surface area contributed by atoms with E-state index in [1.165, 1.54) is 6.21 Å². The van der Waals surface area contributed by atoms with Gasteiger partial charge in [-0.15, -0.1) is 0 Å². The Morgan fingerprint density at radius 3 is 2.62 bits per heavy atom.